The minimum atomic E-state index is -6.44. The number of nitrogens with one attached hydrogen (secondary N) is 2. The van der Waals surface area contributed by atoms with Crippen LogP contribution in [0.5, 0.6) is 0 Å². The van der Waals surface area contributed by atoms with Crippen molar-refractivity contribution >= 4 is 11.8 Å². The second-order valence-electron chi connectivity index (χ2n) is 3.05. The van der Waals surface area contributed by atoms with Gasteiger partial charge in [-0.25, -0.2) is 0 Å². The van der Waals surface area contributed by atoms with Crippen LogP contribution in [0.3, 0.4) is 0 Å². The molecular weight excluding hydrogens is 322 g/mol. The van der Waals surface area contributed by atoms with Gasteiger partial charge in [0, 0.05) is 0 Å². The smallest absolute Gasteiger partial charge is 0.266 e. The number of hydrazine groups is 1. The summed E-state index contributed by atoms with van der Waals surface area (Å²) < 4.78 is 118. The molecule has 0 spiro atoms. The molecule has 2 N–H and O–H groups in total. The van der Waals surface area contributed by atoms with Crippen LogP contribution in [0.2, 0.25) is 0 Å². The van der Waals surface area contributed by atoms with E-state index in [4.69, 9.17) is 0 Å². The van der Waals surface area contributed by atoms with Gasteiger partial charge < -0.3 is 0 Å². The van der Waals surface area contributed by atoms with Gasteiger partial charge in [0.05, 0.1) is 0 Å². The topological polar surface area (TPSA) is 58.2 Å². The zero-order valence-corrected chi connectivity index (χ0v) is 8.60. The van der Waals surface area contributed by atoms with Crippen LogP contribution >= 0.6 is 0 Å². The van der Waals surface area contributed by atoms with Crippen LogP contribution in [0.25, 0.3) is 0 Å². The Bertz CT molecular complexity index is 360. The summed E-state index contributed by atoms with van der Waals surface area (Å²) in [5, 5.41) is 0. The number of alkyl halides is 10. The summed E-state index contributed by atoms with van der Waals surface area (Å²) in [5.41, 5.74) is 0.238. The first kappa shape index (κ1) is 18.2. The third-order valence-corrected chi connectivity index (χ3v) is 1.57. The quantitative estimate of drug-likeness (QED) is 0.598. The first-order chi connectivity index (χ1) is 8.55. The molecule has 118 valence electrons. The molecule has 0 saturated carbocycles. The van der Waals surface area contributed by atoms with Gasteiger partial charge in [-0.05, 0) is 0 Å². The van der Waals surface area contributed by atoms with Crippen molar-refractivity contribution in [3.8, 4) is 0 Å². The molecule has 4 nitrogen and oxygen atoms in total. The van der Waals surface area contributed by atoms with E-state index in [1.54, 1.807) is 0 Å². The van der Waals surface area contributed by atoms with Crippen molar-refractivity contribution in [1.82, 2.24) is 10.9 Å². The van der Waals surface area contributed by atoms with Crippen molar-refractivity contribution in [3.63, 3.8) is 0 Å². The Hall–Kier alpha value is -1.76. The molecule has 14 heteroatoms. The van der Waals surface area contributed by atoms with E-state index in [0.29, 0.717) is 0 Å². The SMILES string of the molecule is O=C(NNC(=O)C(F)(F)C(F)(F)F)C(F)(F)C(F)(F)F. The molecule has 0 unspecified atom stereocenters. The summed E-state index contributed by atoms with van der Waals surface area (Å²) in [4.78, 5) is 20.5. The molecule has 0 aliphatic heterocycles. The lowest BCUT2D eigenvalue weighted by atomic mass is 10.3. The molecular formula is C6H2F10N2O2. The summed E-state index contributed by atoms with van der Waals surface area (Å²) in [6.45, 7) is 0. The fourth-order valence-electron chi connectivity index (χ4n) is 0.528. The maximum atomic E-state index is 12.2. The van der Waals surface area contributed by atoms with Crippen LogP contribution in [0.1, 0.15) is 0 Å². The second kappa shape index (κ2) is 4.97. The number of carbonyl (C=O) groups excluding carboxylic acids is 2. The van der Waals surface area contributed by atoms with E-state index in [9.17, 15) is 53.5 Å². The van der Waals surface area contributed by atoms with Gasteiger partial charge >= 0.3 is 36.0 Å². The van der Waals surface area contributed by atoms with E-state index < -0.39 is 36.0 Å². The highest BCUT2D eigenvalue weighted by atomic mass is 19.4. The van der Waals surface area contributed by atoms with E-state index in [-0.39, 0.29) is 10.9 Å². The third kappa shape index (κ3) is 3.41. The zero-order valence-electron chi connectivity index (χ0n) is 8.60. The molecule has 0 rings (SSSR count). The molecule has 0 saturated heterocycles. The Balaban J connectivity index is 4.83. The van der Waals surface area contributed by atoms with Crippen molar-refractivity contribution in [1.29, 1.82) is 0 Å². The monoisotopic (exact) mass is 324 g/mol. The summed E-state index contributed by atoms with van der Waals surface area (Å²) in [6.07, 6.45) is -12.9. The highest BCUT2D eigenvalue weighted by Gasteiger charge is 2.65. The summed E-state index contributed by atoms with van der Waals surface area (Å²) in [5.74, 6) is -18.9. The third-order valence-electron chi connectivity index (χ3n) is 1.57. The Morgan fingerprint density at radius 1 is 0.550 bits per heavy atom. The number of rotatable bonds is 2. The predicted octanol–water partition coefficient (Wildman–Crippen LogP) is 1.53. The maximum Gasteiger partial charge on any atom is 0.463 e. The van der Waals surface area contributed by atoms with Crippen LogP contribution in [0, 0.1) is 0 Å². The van der Waals surface area contributed by atoms with E-state index in [1.807, 2.05) is 0 Å². The summed E-state index contributed by atoms with van der Waals surface area (Å²) >= 11 is 0. The van der Waals surface area contributed by atoms with Gasteiger partial charge in [0.2, 0.25) is 0 Å². The molecule has 0 aromatic rings. The van der Waals surface area contributed by atoms with Crippen molar-refractivity contribution < 1.29 is 53.5 Å². The van der Waals surface area contributed by atoms with E-state index >= 15 is 0 Å². The number of halogens is 10. The van der Waals surface area contributed by atoms with Crippen LogP contribution in [-0.2, 0) is 9.59 Å². The first-order valence-electron chi connectivity index (χ1n) is 4.05. The van der Waals surface area contributed by atoms with Crippen molar-refractivity contribution in [2.75, 3.05) is 0 Å². The fraction of sp³-hybridized carbons (Fsp3) is 0.667. The largest absolute Gasteiger partial charge is 0.463 e. The fourth-order valence-corrected chi connectivity index (χ4v) is 0.528. The van der Waals surface area contributed by atoms with Crippen LogP contribution in [-0.4, -0.2) is 36.0 Å². The van der Waals surface area contributed by atoms with Gasteiger partial charge in [0.15, 0.2) is 0 Å². The van der Waals surface area contributed by atoms with Crippen molar-refractivity contribution in [3.05, 3.63) is 0 Å². The van der Waals surface area contributed by atoms with Gasteiger partial charge in [-0.15, -0.1) is 0 Å². The second-order valence-corrected chi connectivity index (χ2v) is 3.05. The number of carbonyl (C=O) groups is 2. The molecule has 0 bridgehead atoms. The lowest BCUT2D eigenvalue weighted by Crippen LogP contribution is -2.60. The van der Waals surface area contributed by atoms with Gasteiger partial charge in [0.1, 0.15) is 0 Å². The summed E-state index contributed by atoms with van der Waals surface area (Å²) in [7, 11) is 0. The minimum absolute atomic E-state index is 0.119. The Kier molecular flexibility index (Phi) is 4.53. The molecule has 0 fully saturated rings. The normalized spacial score (nSPS) is 13.9. The average molecular weight is 324 g/mol. The predicted molar refractivity (Wildman–Crippen MR) is 38.3 cm³/mol. The van der Waals surface area contributed by atoms with Crippen molar-refractivity contribution in [2.45, 2.75) is 24.2 Å². The standard InChI is InChI=1S/C6H2F10N2O2/c7-3(8,5(11,12)13)1(19)17-18-2(20)4(9,10)6(14,15)16/h(H,17,19)(H,18,20). The van der Waals surface area contributed by atoms with E-state index in [2.05, 4.69) is 0 Å². The molecule has 20 heavy (non-hydrogen) atoms. The van der Waals surface area contributed by atoms with Crippen LogP contribution < -0.4 is 10.9 Å². The van der Waals surface area contributed by atoms with Gasteiger partial charge in [-0.1, -0.05) is 0 Å². The molecule has 0 atom stereocenters. The number of amides is 2. The Labute approximate surface area is 102 Å². The Morgan fingerprint density at radius 2 is 0.750 bits per heavy atom. The molecule has 0 radical (unpaired) electrons. The van der Waals surface area contributed by atoms with Gasteiger partial charge in [-0.3, -0.25) is 20.4 Å². The molecule has 0 aromatic heterocycles. The Morgan fingerprint density at radius 3 is 0.900 bits per heavy atom. The number of hydrogen-bond acceptors (Lipinski definition) is 2. The highest BCUT2D eigenvalue weighted by Crippen LogP contribution is 2.36. The summed E-state index contributed by atoms with van der Waals surface area (Å²) in [6, 6.07) is 0. The molecule has 0 heterocycles. The van der Waals surface area contributed by atoms with Crippen molar-refractivity contribution in [2.24, 2.45) is 0 Å². The lowest BCUT2D eigenvalue weighted by molar-refractivity contribution is -0.273. The van der Waals surface area contributed by atoms with Gasteiger partial charge in [0.25, 0.3) is 0 Å². The average Bonchev–Trinajstić information content (AvgIpc) is 2.21. The van der Waals surface area contributed by atoms with Crippen LogP contribution in [0.4, 0.5) is 43.9 Å². The maximum absolute atomic E-state index is 12.2. The zero-order chi connectivity index (χ0) is 16.6. The number of hydrogen-bond donors (Lipinski definition) is 2. The van der Waals surface area contributed by atoms with E-state index in [1.165, 1.54) is 0 Å². The molecule has 0 aromatic carbocycles. The highest BCUT2D eigenvalue weighted by molar-refractivity contribution is 5.89. The first-order valence-corrected chi connectivity index (χ1v) is 4.05. The molecule has 0 aliphatic carbocycles. The molecule has 2 amide bonds. The van der Waals surface area contributed by atoms with Crippen LogP contribution in [0.15, 0.2) is 0 Å². The van der Waals surface area contributed by atoms with E-state index in [0.717, 1.165) is 0 Å². The van der Waals surface area contributed by atoms with Gasteiger partial charge in [-0.2, -0.15) is 43.9 Å². The molecule has 0 aliphatic rings. The minimum Gasteiger partial charge on any atom is -0.266 e. The lowest BCUT2D eigenvalue weighted by Gasteiger charge is -2.21.